The first-order valence-electron chi connectivity index (χ1n) is 12.3. The van der Waals surface area contributed by atoms with E-state index in [1.165, 1.54) is 0 Å². The van der Waals surface area contributed by atoms with Crippen LogP contribution in [0.2, 0.25) is 0 Å². The van der Waals surface area contributed by atoms with Crippen LogP contribution < -0.4 is 4.74 Å². The van der Waals surface area contributed by atoms with Gasteiger partial charge in [0, 0.05) is 43.7 Å². The molecule has 0 radical (unpaired) electrons. The van der Waals surface area contributed by atoms with Gasteiger partial charge in [-0.15, -0.1) is 11.8 Å². The molecule has 0 aliphatic carbocycles. The molecule has 4 rings (SSSR count). The lowest BCUT2D eigenvalue weighted by Gasteiger charge is -2.32. The van der Waals surface area contributed by atoms with E-state index in [0.717, 1.165) is 35.7 Å². The van der Waals surface area contributed by atoms with Crippen LogP contribution in [0, 0.1) is 6.92 Å². The Balaban J connectivity index is 1.20. The molecule has 192 valence electrons. The van der Waals surface area contributed by atoms with Crippen LogP contribution in [0.4, 0.5) is 0 Å². The molecule has 0 N–H and O–H groups in total. The smallest absolute Gasteiger partial charge is 0.232 e. The molecule has 1 amide bonds. The van der Waals surface area contributed by atoms with Gasteiger partial charge in [-0.1, -0.05) is 35.9 Å². The molecule has 0 atom stereocenters. The number of ether oxygens (including phenoxy) is 1. The lowest BCUT2D eigenvalue weighted by Crippen LogP contribution is -2.39. The molecule has 9 heteroatoms. The second kappa shape index (κ2) is 12.5. The molecule has 3 aromatic rings. The number of para-hydroxylation sites is 1. The summed E-state index contributed by atoms with van der Waals surface area (Å²) in [6.45, 7) is 4.27. The third-order valence-corrected chi connectivity index (χ3v) is 9.02. The lowest BCUT2D eigenvalue weighted by molar-refractivity contribution is -0.129. The zero-order chi connectivity index (χ0) is 25.4. The number of likely N-dealkylation sites (tertiary alicyclic amines) is 1. The first-order chi connectivity index (χ1) is 17.4. The molecule has 7 nitrogen and oxygen atoms in total. The van der Waals surface area contributed by atoms with Crippen molar-refractivity contribution >= 4 is 27.5 Å². The average molecular weight is 528 g/mol. The Hall–Kier alpha value is -2.78. The second-order valence-electron chi connectivity index (χ2n) is 8.98. The molecular formula is C27H33N3O4S2. The maximum Gasteiger partial charge on any atom is 0.232 e. The summed E-state index contributed by atoms with van der Waals surface area (Å²) in [4.78, 5) is 19.5. The topological polar surface area (TPSA) is 81.5 Å². The van der Waals surface area contributed by atoms with Gasteiger partial charge in [0.1, 0.15) is 11.6 Å². The van der Waals surface area contributed by atoms with Crippen LogP contribution in [0.25, 0.3) is 0 Å². The van der Waals surface area contributed by atoms with Gasteiger partial charge in [-0.25, -0.2) is 13.4 Å². The number of rotatable bonds is 11. The van der Waals surface area contributed by atoms with Crippen LogP contribution >= 0.6 is 11.8 Å². The van der Waals surface area contributed by atoms with Gasteiger partial charge < -0.3 is 14.2 Å². The first-order valence-corrected chi connectivity index (χ1v) is 15.1. The molecule has 1 aromatic heterocycles. The number of aromatic nitrogens is 2. The van der Waals surface area contributed by atoms with E-state index >= 15 is 0 Å². The van der Waals surface area contributed by atoms with Crippen molar-refractivity contribution in [3.8, 4) is 5.75 Å². The summed E-state index contributed by atoms with van der Waals surface area (Å²) in [5.41, 5.74) is 1.03. The van der Waals surface area contributed by atoms with E-state index in [-0.39, 0.29) is 17.6 Å². The summed E-state index contributed by atoms with van der Waals surface area (Å²) < 4.78 is 33.1. The van der Waals surface area contributed by atoms with Gasteiger partial charge in [-0.05, 0) is 44.0 Å². The number of nitrogens with zero attached hydrogens (tertiary/aromatic N) is 3. The van der Waals surface area contributed by atoms with Crippen LogP contribution in [0.3, 0.4) is 0 Å². The number of carbonyl (C=O) groups excluding carboxylic acids is 1. The standard InChI is InChI=1S/C27H33N3O4S2/c1-22-7-9-25(10-8-22)36(32,33)20-17-30-16-13-28-27(30)23-11-14-29(15-12-23)26(31)21-35-19-18-34-24-5-3-2-4-6-24/h2-10,13,16,23H,11-12,14-15,17-21H2,1H3. The van der Waals surface area contributed by atoms with Gasteiger partial charge in [-0.2, -0.15) is 0 Å². The van der Waals surface area contributed by atoms with E-state index in [1.807, 2.05) is 65.1 Å². The van der Waals surface area contributed by atoms with Crippen LogP contribution in [-0.2, 0) is 21.2 Å². The molecule has 36 heavy (non-hydrogen) atoms. The Labute approximate surface area is 217 Å². The molecular weight excluding hydrogens is 494 g/mol. The summed E-state index contributed by atoms with van der Waals surface area (Å²) in [6, 6.07) is 16.7. The summed E-state index contributed by atoms with van der Waals surface area (Å²) in [5, 5.41) is 0. The van der Waals surface area contributed by atoms with Crippen molar-refractivity contribution in [3.05, 3.63) is 78.4 Å². The third kappa shape index (κ3) is 7.13. The van der Waals surface area contributed by atoms with E-state index in [9.17, 15) is 13.2 Å². The van der Waals surface area contributed by atoms with Crippen molar-refractivity contribution in [2.24, 2.45) is 0 Å². The number of piperidine rings is 1. The van der Waals surface area contributed by atoms with E-state index in [1.54, 1.807) is 30.1 Å². The number of hydrogen-bond donors (Lipinski definition) is 0. The number of thioether (sulfide) groups is 1. The number of imidazole rings is 1. The third-order valence-electron chi connectivity index (χ3n) is 6.41. The highest BCUT2D eigenvalue weighted by Crippen LogP contribution is 2.27. The van der Waals surface area contributed by atoms with Gasteiger partial charge in [0.05, 0.1) is 23.0 Å². The number of amides is 1. The fraction of sp³-hybridized carbons (Fsp3) is 0.407. The molecule has 1 aliphatic heterocycles. The largest absolute Gasteiger partial charge is 0.493 e. The Morgan fingerprint density at radius 2 is 1.81 bits per heavy atom. The Morgan fingerprint density at radius 3 is 2.53 bits per heavy atom. The minimum Gasteiger partial charge on any atom is -0.493 e. The quantitative estimate of drug-likeness (QED) is 0.348. The molecule has 0 bridgehead atoms. The van der Waals surface area contributed by atoms with Gasteiger partial charge in [-0.3, -0.25) is 4.79 Å². The minimum atomic E-state index is -3.36. The van der Waals surface area contributed by atoms with Crippen LogP contribution in [0.1, 0.15) is 30.1 Å². The number of hydrogen-bond acceptors (Lipinski definition) is 6. The van der Waals surface area contributed by atoms with Gasteiger partial charge in [0.25, 0.3) is 0 Å². The average Bonchev–Trinajstić information content (AvgIpc) is 3.37. The van der Waals surface area contributed by atoms with Crippen LogP contribution in [-0.4, -0.2) is 65.7 Å². The highest BCUT2D eigenvalue weighted by atomic mass is 32.2. The summed E-state index contributed by atoms with van der Waals surface area (Å²) >= 11 is 1.59. The number of aryl methyl sites for hydroxylation is 2. The number of carbonyl (C=O) groups is 1. The molecule has 2 heterocycles. The summed E-state index contributed by atoms with van der Waals surface area (Å²) in [5.74, 6) is 3.38. The van der Waals surface area contributed by atoms with E-state index in [4.69, 9.17) is 4.74 Å². The van der Waals surface area contributed by atoms with E-state index in [0.29, 0.717) is 36.9 Å². The number of benzene rings is 2. The van der Waals surface area contributed by atoms with Gasteiger partial charge in [0.15, 0.2) is 9.84 Å². The minimum absolute atomic E-state index is 0.0297. The van der Waals surface area contributed by atoms with Crippen molar-refractivity contribution in [2.45, 2.75) is 37.1 Å². The molecule has 0 saturated carbocycles. The van der Waals surface area contributed by atoms with Crippen molar-refractivity contribution in [1.82, 2.24) is 14.5 Å². The Kier molecular flexibility index (Phi) is 9.09. The second-order valence-corrected chi connectivity index (χ2v) is 12.2. The highest BCUT2D eigenvalue weighted by Gasteiger charge is 2.26. The molecule has 1 saturated heterocycles. The first kappa shape index (κ1) is 26.3. The fourth-order valence-electron chi connectivity index (χ4n) is 4.32. The summed E-state index contributed by atoms with van der Waals surface area (Å²) in [6.07, 6.45) is 5.25. The Bertz CT molecular complexity index is 1220. The van der Waals surface area contributed by atoms with Gasteiger partial charge >= 0.3 is 0 Å². The van der Waals surface area contributed by atoms with E-state index < -0.39 is 9.84 Å². The molecule has 2 aromatic carbocycles. The fourth-order valence-corrected chi connectivity index (χ4v) is 6.25. The van der Waals surface area contributed by atoms with Crippen molar-refractivity contribution in [1.29, 1.82) is 0 Å². The lowest BCUT2D eigenvalue weighted by atomic mass is 9.96. The van der Waals surface area contributed by atoms with Crippen molar-refractivity contribution < 1.29 is 17.9 Å². The van der Waals surface area contributed by atoms with Crippen LogP contribution in [0.5, 0.6) is 5.75 Å². The van der Waals surface area contributed by atoms with Crippen molar-refractivity contribution in [3.63, 3.8) is 0 Å². The predicted octanol–water partition coefficient (Wildman–Crippen LogP) is 4.18. The highest BCUT2D eigenvalue weighted by molar-refractivity contribution is 7.99. The van der Waals surface area contributed by atoms with Crippen LogP contribution in [0.15, 0.2) is 71.9 Å². The zero-order valence-corrected chi connectivity index (χ0v) is 22.2. The molecule has 1 fully saturated rings. The molecule has 1 aliphatic rings. The monoisotopic (exact) mass is 527 g/mol. The normalized spacial score (nSPS) is 14.6. The van der Waals surface area contributed by atoms with Gasteiger partial charge in [0.2, 0.25) is 5.91 Å². The SMILES string of the molecule is Cc1ccc(S(=O)(=O)CCn2ccnc2C2CCN(C(=O)CSCCOc3ccccc3)CC2)cc1. The number of sulfone groups is 1. The zero-order valence-electron chi connectivity index (χ0n) is 20.6. The van der Waals surface area contributed by atoms with E-state index in [2.05, 4.69) is 4.98 Å². The summed E-state index contributed by atoms with van der Waals surface area (Å²) in [7, 11) is -3.36. The maximum atomic E-state index is 12.8. The maximum absolute atomic E-state index is 12.8. The Morgan fingerprint density at radius 1 is 1.08 bits per heavy atom. The molecule has 0 unspecified atom stereocenters. The predicted molar refractivity (Wildman–Crippen MR) is 143 cm³/mol. The molecule has 0 spiro atoms. The van der Waals surface area contributed by atoms with Crippen molar-refractivity contribution in [2.75, 3.05) is 37.0 Å².